The molecule has 0 saturated carbocycles. The van der Waals surface area contributed by atoms with E-state index in [1.807, 2.05) is 0 Å². The molecule has 2 aliphatic rings. The van der Waals surface area contributed by atoms with Crippen LogP contribution in [0.4, 0.5) is 0 Å². The minimum atomic E-state index is -0.701. The Balaban J connectivity index is 1.79. The number of carbonyl (C=O) groups excluding carboxylic acids is 2. The molecular weight excluding hydrogens is 228 g/mol. The molecule has 6 heteroatoms. The molecule has 2 heterocycles. The van der Waals surface area contributed by atoms with Crippen LogP contribution in [0.1, 0.15) is 19.3 Å². The molecule has 0 aromatic heterocycles. The van der Waals surface area contributed by atoms with Gasteiger partial charge in [0.05, 0.1) is 5.92 Å². The summed E-state index contributed by atoms with van der Waals surface area (Å²) in [4.78, 5) is 22.7. The summed E-state index contributed by atoms with van der Waals surface area (Å²) in [5, 5.41) is 5.58. The second-order valence-corrected chi connectivity index (χ2v) is 6.03. The Labute approximate surface area is 96.8 Å². The lowest BCUT2D eigenvalue weighted by atomic mass is 10.1. The predicted molar refractivity (Wildman–Crippen MR) is 60.2 cm³/mol. The molecule has 2 saturated heterocycles. The van der Waals surface area contributed by atoms with Crippen molar-refractivity contribution in [2.75, 3.05) is 18.1 Å². The molecule has 2 fully saturated rings. The minimum Gasteiger partial charge on any atom is -0.355 e. The topological polar surface area (TPSA) is 75.3 Å². The van der Waals surface area contributed by atoms with Crippen LogP contribution >= 0.6 is 0 Å². The van der Waals surface area contributed by atoms with Crippen LogP contribution in [0.25, 0.3) is 0 Å². The molecule has 1 atom stereocenters. The first kappa shape index (κ1) is 11.6. The first-order valence-corrected chi connectivity index (χ1v) is 7.06. The van der Waals surface area contributed by atoms with Crippen LogP contribution in [0.2, 0.25) is 0 Å². The number of nitrogens with one attached hydrogen (secondary N) is 2. The Bertz CT molecular complexity index is 322. The van der Waals surface area contributed by atoms with Crippen LogP contribution in [0.3, 0.4) is 0 Å². The molecule has 0 radical (unpaired) electrons. The summed E-state index contributed by atoms with van der Waals surface area (Å²) in [5.74, 6) is 1.03. The van der Waals surface area contributed by atoms with Crippen LogP contribution in [0.5, 0.6) is 0 Å². The second-order valence-electron chi connectivity index (χ2n) is 4.34. The maximum atomic E-state index is 11.8. The average molecular weight is 244 g/mol. The summed E-state index contributed by atoms with van der Waals surface area (Å²) < 4.78 is 11.1. The van der Waals surface area contributed by atoms with Crippen molar-refractivity contribution in [2.24, 2.45) is 5.92 Å². The third kappa shape index (κ3) is 2.81. The van der Waals surface area contributed by atoms with E-state index in [0.29, 0.717) is 24.5 Å². The fourth-order valence-electron chi connectivity index (χ4n) is 2.05. The molecule has 0 bridgehead atoms. The van der Waals surface area contributed by atoms with Crippen molar-refractivity contribution in [3.8, 4) is 0 Å². The molecule has 90 valence electrons. The Morgan fingerprint density at radius 2 is 2.06 bits per heavy atom. The molecule has 1 unspecified atom stereocenters. The van der Waals surface area contributed by atoms with Crippen molar-refractivity contribution in [1.82, 2.24) is 10.6 Å². The number of amides is 2. The lowest BCUT2D eigenvalue weighted by Crippen LogP contribution is -2.42. The maximum Gasteiger partial charge on any atom is 0.225 e. The van der Waals surface area contributed by atoms with Crippen molar-refractivity contribution in [3.05, 3.63) is 0 Å². The van der Waals surface area contributed by atoms with Crippen LogP contribution in [0, 0.1) is 5.92 Å². The molecule has 2 aliphatic heterocycles. The van der Waals surface area contributed by atoms with Crippen molar-refractivity contribution in [1.29, 1.82) is 0 Å². The van der Waals surface area contributed by atoms with Gasteiger partial charge in [-0.3, -0.25) is 13.8 Å². The molecule has 2 rings (SSSR count). The lowest BCUT2D eigenvalue weighted by molar-refractivity contribution is -0.127. The largest absolute Gasteiger partial charge is 0.355 e. The summed E-state index contributed by atoms with van der Waals surface area (Å²) in [7, 11) is -0.701. The zero-order chi connectivity index (χ0) is 11.5. The average Bonchev–Trinajstić information content (AvgIpc) is 2.68. The Morgan fingerprint density at radius 3 is 2.62 bits per heavy atom. The molecule has 2 amide bonds. The molecule has 2 N–H and O–H groups in total. The number of rotatable bonds is 2. The van der Waals surface area contributed by atoms with Crippen LogP contribution in [0.15, 0.2) is 0 Å². The van der Waals surface area contributed by atoms with E-state index in [9.17, 15) is 13.8 Å². The third-order valence-electron chi connectivity index (χ3n) is 3.08. The quantitative estimate of drug-likeness (QED) is 0.664. The van der Waals surface area contributed by atoms with Gasteiger partial charge in [-0.1, -0.05) is 0 Å². The molecule has 0 spiro atoms. The van der Waals surface area contributed by atoms with Gasteiger partial charge in [-0.2, -0.15) is 0 Å². The van der Waals surface area contributed by atoms with E-state index in [1.54, 1.807) is 0 Å². The van der Waals surface area contributed by atoms with E-state index in [1.165, 1.54) is 0 Å². The number of hydrogen-bond donors (Lipinski definition) is 2. The van der Waals surface area contributed by atoms with Gasteiger partial charge < -0.3 is 10.6 Å². The first-order chi connectivity index (χ1) is 7.65. The fraction of sp³-hybridized carbons (Fsp3) is 0.800. The molecule has 0 aromatic rings. The fourth-order valence-corrected chi connectivity index (χ4v) is 3.35. The summed E-state index contributed by atoms with van der Waals surface area (Å²) in [5.41, 5.74) is 0. The van der Waals surface area contributed by atoms with E-state index in [-0.39, 0.29) is 23.8 Å². The molecule has 0 aliphatic carbocycles. The van der Waals surface area contributed by atoms with Crippen molar-refractivity contribution < 1.29 is 13.8 Å². The Hall–Kier alpha value is -0.910. The highest BCUT2D eigenvalue weighted by molar-refractivity contribution is 7.85. The van der Waals surface area contributed by atoms with Crippen molar-refractivity contribution in [2.45, 2.75) is 25.3 Å². The van der Waals surface area contributed by atoms with E-state index >= 15 is 0 Å². The minimum absolute atomic E-state index is 0.0453. The van der Waals surface area contributed by atoms with E-state index in [0.717, 1.165) is 12.8 Å². The highest BCUT2D eigenvalue weighted by Crippen LogP contribution is 2.13. The van der Waals surface area contributed by atoms with Gasteiger partial charge in [-0.15, -0.1) is 0 Å². The summed E-state index contributed by atoms with van der Waals surface area (Å²) in [6, 6.07) is 0.140. The Morgan fingerprint density at radius 1 is 1.38 bits per heavy atom. The van der Waals surface area contributed by atoms with Crippen LogP contribution in [-0.4, -0.2) is 40.1 Å². The van der Waals surface area contributed by atoms with E-state index in [2.05, 4.69) is 10.6 Å². The van der Waals surface area contributed by atoms with E-state index < -0.39 is 10.8 Å². The van der Waals surface area contributed by atoms with Gasteiger partial charge in [-0.25, -0.2) is 0 Å². The first-order valence-electron chi connectivity index (χ1n) is 5.57. The maximum absolute atomic E-state index is 11.8. The van der Waals surface area contributed by atoms with Gasteiger partial charge in [0.2, 0.25) is 11.8 Å². The smallest absolute Gasteiger partial charge is 0.225 e. The second kappa shape index (κ2) is 4.95. The SMILES string of the molecule is O=C1CC(C(=O)NC2CCS(=O)CC2)CN1. The molecule has 16 heavy (non-hydrogen) atoms. The zero-order valence-corrected chi connectivity index (χ0v) is 9.85. The van der Waals surface area contributed by atoms with Crippen LogP contribution in [-0.2, 0) is 20.4 Å². The van der Waals surface area contributed by atoms with Gasteiger partial charge in [0, 0.05) is 41.3 Å². The lowest BCUT2D eigenvalue weighted by Gasteiger charge is -2.23. The third-order valence-corrected chi connectivity index (χ3v) is 4.46. The highest BCUT2D eigenvalue weighted by Gasteiger charge is 2.29. The normalized spacial score (nSPS) is 34.5. The van der Waals surface area contributed by atoms with Gasteiger partial charge in [0.25, 0.3) is 0 Å². The monoisotopic (exact) mass is 244 g/mol. The van der Waals surface area contributed by atoms with Gasteiger partial charge in [0.15, 0.2) is 0 Å². The molecule has 5 nitrogen and oxygen atoms in total. The van der Waals surface area contributed by atoms with Gasteiger partial charge in [-0.05, 0) is 12.8 Å². The van der Waals surface area contributed by atoms with Crippen molar-refractivity contribution >= 4 is 22.6 Å². The highest BCUT2D eigenvalue weighted by atomic mass is 32.2. The van der Waals surface area contributed by atoms with Gasteiger partial charge in [0.1, 0.15) is 0 Å². The number of hydrogen-bond acceptors (Lipinski definition) is 3. The Kier molecular flexibility index (Phi) is 3.58. The van der Waals surface area contributed by atoms with Gasteiger partial charge >= 0.3 is 0 Å². The van der Waals surface area contributed by atoms with E-state index in [4.69, 9.17) is 0 Å². The number of carbonyl (C=O) groups is 2. The predicted octanol–water partition coefficient (Wildman–Crippen LogP) is -0.850. The summed E-state index contributed by atoms with van der Waals surface area (Å²) in [6.07, 6.45) is 1.86. The van der Waals surface area contributed by atoms with Crippen molar-refractivity contribution in [3.63, 3.8) is 0 Å². The summed E-state index contributed by atoms with van der Waals surface area (Å²) >= 11 is 0. The standard InChI is InChI=1S/C10H16N2O3S/c13-9-5-7(6-11-9)10(14)12-8-1-3-16(15)4-2-8/h7-8H,1-6H2,(H,11,13)(H,12,14). The molecular formula is C10H16N2O3S. The zero-order valence-electron chi connectivity index (χ0n) is 9.03. The molecule has 0 aromatic carbocycles. The summed E-state index contributed by atoms with van der Waals surface area (Å²) in [6.45, 7) is 0.448. The van der Waals surface area contributed by atoms with Crippen LogP contribution < -0.4 is 10.6 Å².